The Morgan fingerprint density at radius 2 is 2.17 bits per heavy atom. The number of benzene rings is 1. The zero-order chi connectivity index (χ0) is 13.0. The van der Waals surface area contributed by atoms with E-state index in [9.17, 15) is 9.18 Å². The highest BCUT2D eigenvalue weighted by atomic mass is 19.1. The predicted molar refractivity (Wildman–Crippen MR) is 66.8 cm³/mol. The van der Waals surface area contributed by atoms with Crippen LogP contribution in [0.2, 0.25) is 0 Å². The summed E-state index contributed by atoms with van der Waals surface area (Å²) in [7, 11) is 1.43. The van der Waals surface area contributed by atoms with Gasteiger partial charge in [0.1, 0.15) is 0 Å². The molecule has 1 saturated carbocycles. The van der Waals surface area contributed by atoms with Gasteiger partial charge < -0.3 is 10.1 Å². The maximum Gasteiger partial charge on any atom is 0.223 e. The highest BCUT2D eigenvalue weighted by Crippen LogP contribution is 2.24. The Kier molecular flexibility index (Phi) is 4.18. The van der Waals surface area contributed by atoms with Gasteiger partial charge in [0.05, 0.1) is 7.11 Å². The van der Waals surface area contributed by atoms with Crippen molar-refractivity contribution in [1.29, 1.82) is 0 Å². The van der Waals surface area contributed by atoms with Crippen LogP contribution in [-0.4, -0.2) is 13.0 Å². The molecule has 0 heterocycles. The molecule has 1 aromatic carbocycles. The van der Waals surface area contributed by atoms with Gasteiger partial charge in [0, 0.05) is 12.5 Å². The van der Waals surface area contributed by atoms with E-state index in [1.165, 1.54) is 13.2 Å². The number of hydrogen-bond donors (Lipinski definition) is 1. The van der Waals surface area contributed by atoms with E-state index in [1.54, 1.807) is 12.1 Å². The number of rotatable bonds is 4. The molecule has 98 valence electrons. The van der Waals surface area contributed by atoms with Gasteiger partial charge in [-0.15, -0.1) is 0 Å². The third-order valence-corrected chi connectivity index (χ3v) is 3.41. The van der Waals surface area contributed by atoms with Crippen molar-refractivity contribution in [3.8, 4) is 5.75 Å². The number of ether oxygens (including phenoxy) is 1. The quantitative estimate of drug-likeness (QED) is 0.893. The standard InChI is InChI=1S/C14H18FNO2/c1-18-13-7-6-10(8-12(13)15)9-16-14(17)11-4-2-3-5-11/h6-8,11H,2-5,9H2,1H3,(H,16,17). The molecule has 1 aliphatic rings. The van der Waals surface area contributed by atoms with Crippen LogP contribution in [-0.2, 0) is 11.3 Å². The van der Waals surface area contributed by atoms with E-state index in [2.05, 4.69) is 5.32 Å². The fourth-order valence-electron chi connectivity index (χ4n) is 2.34. The normalized spacial score (nSPS) is 15.7. The number of carbonyl (C=O) groups is 1. The zero-order valence-electron chi connectivity index (χ0n) is 10.5. The molecule has 1 N–H and O–H groups in total. The van der Waals surface area contributed by atoms with Crippen molar-refractivity contribution in [3.63, 3.8) is 0 Å². The average Bonchev–Trinajstić information content (AvgIpc) is 2.90. The summed E-state index contributed by atoms with van der Waals surface area (Å²) in [5, 5.41) is 2.86. The molecule has 4 heteroatoms. The van der Waals surface area contributed by atoms with Crippen molar-refractivity contribution in [2.45, 2.75) is 32.2 Å². The average molecular weight is 251 g/mol. The highest BCUT2D eigenvalue weighted by Gasteiger charge is 2.22. The van der Waals surface area contributed by atoms with Crippen molar-refractivity contribution >= 4 is 5.91 Å². The molecule has 2 rings (SSSR count). The van der Waals surface area contributed by atoms with Crippen LogP contribution in [0.25, 0.3) is 0 Å². The minimum Gasteiger partial charge on any atom is -0.494 e. The molecule has 0 unspecified atom stereocenters. The fraction of sp³-hybridized carbons (Fsp3) is 0.500. The van der Waals surface area contributed by atoms with Crippen LogP contribution in [0.15, 0.2) is 18.2 Å². The zero-order valence-corrected chi connectivity index (χ0v) is 10.5. The van der Waals surface area contributed by atoms with E-state index < -0.39 is 5.82 Å². The van der Waals surface area contributed by atoms with E-state index in [0.717, 1.165) is 31.2 Å². The maximum atomic E-state index is 13.4. The first-order valence-electron chi connectivity index (χ1n) is 6.31. The molecule has 0 atom stereocenters. The Balaban J connectivity index is 1.89. The number of hydrogen-bond acceptors (Lipinski definition) is 2. The van der Waals surface area contributed by atoms with Crippen LogP contribution in [0.3, 0.4) is 0 Å². The van der Waals surface area contributed by atoms with E-state index in [0.29, 0.717) is 6.54 Å². The minimum absolute atomic E-state index is 0.0868. The SMILES string of the molecule is COc1ccc(CNC(=O)C2CCCC2)cc1F. The molecule has 1 aliphatic carbocycles. The van der Waals surface area contributed by atoms with Crippen molar-refractivity contribution in [1.82, 2.24) is 5.32 Å². The Bertz CT molecular complexity index is 428. The molecule has 1 fully saturated rings. The maximum absolute atomic E-state index is 13.4. The fourth-order valence-corrected chi connectivity index (χ4v) is 2.34. The van der Waals surface area contributed by atoms with Crippen LogP contribution in [0.4, 0.5) is 4.39 Å². The first kappa shape index (κ1) is 12.9. The highest BCUT2D eigenvalue weighted by molar-refractivity contribution is 5.78. The van der Waals surface area contributed by atoms with E-state index in [4.69, 9.17) is 4.74 Å². The van der Waals surface area contributed by atoms with Gasteiger partial charge in [-0.3, -0.25) is 4.79 Å². The summed E-state index contributed by atoms with van der Waals surface area (Å²) in [4.78, 5) is 11.8. The van der Waals surface area contributed by atoms with Gasteiger partial charge in [-0.25, -0.2) is 4.39 Å². The molecule has 0 saturated heterocycles. The summed E-state index contributed by atoms with van der Waals surface area (Å²) in [5.74, 6) is 0.0582. The lowest BCUT2D eigenvalue weighted by Crippen LogP contribution is -2.28. The second-order valence-corrected chi connectivity index (χ2v) is 4.67. The smallest absolute Gasteiger partial charge is 0.223 e. The van der Waals surface area contributed by atoms with Gasteiger partial charge in [-0.1, -0.05) is 18.9 Å². The van der Waals surface area contributed by atoms with Crippen molar-refractivity contribution in [2.75, 3.05) is 7.11 Å². The molecular weight excluding hydrogens is 233 g/mol. The number of halogens is 1. The van der Waals surface area contributed by atoms with Crippen molar-refractivity contribution in [2.24, 2.45) is 5.92 Å². The van der Waals surface area contributed by atoms with E-state index in [1.807, 2.05) is 0 Å². The van der Waals surface area contributed by atoms with Gasteiger partial charge in [-0.05, 0) is 30.5 Å². The molecule has 1 amide bonds. The largest absolute Gasteiger partial charge is 0.494 e. The lowest BCUT2D eigenvalue weighted by Gasteiger charge is -2.11. The molecule has 0 aromatic heterocycles. The summed E-state index contributed by atoms with van der Waals surface area (Å²) in [6.45, 7) is 0.371. The third kappa shape index (κ3) is 3.00. The van der Waals surface area contributed by atoms with Gasteiger partial charge in [0.25, 0.3) is 0 Å². The van der Waals surface area contributed by atoms with Gasteiger partial charge in [0.15, 0.2) is 11.6 Å². The second-order valence-electron chi connectivity index (χ2n) is 4.67. The van der Waals surface area contributed by atoms with Crippen LogP contribution >= 0.6 is 0 Å². The van der Waals surface area contributed by atoms with Crippen LogP contribution < -0.4 is 10.1 Å². The predicted octanol–water partition coefficient (Wildman–Crippen LogP) is 2.64. The minimum atomic E-state index is -0.398. The number of amides is 1. The Morgan fingerprint density at radius 1 is 1.44 bits per heavy atom. The van der Waals surface area contributed by atoms with Gasteiger partial charge in [0.2, 0.25) is 5.91 Å². The molecule has 18 heavy (non-hydrogen) atoms. The molecule has 3 nitrogen and oxygen atoms in total. The molecular formula is C14H18FNO2. The first-order valence-corrected chi connectivity index (χ1v) is 6.31. The number of carbonyl (C=O) groups excluding carboxylic acids is 1. The molecule has 0 spiro atoms. The lowest BCUT2D eigenvalue weighted by molar-refractivity contribution is -0.124. The first-order chi connectivity index (χ1) is 8.70. The van der Waals surface area contributed by atoms with Crippen LogP contribution in [0.1, 0.15) is 31.2 Å². The summed E-state index contributed by atoms with van der Waals surface area (Å²) >= 11 is 0. The summed E-state index contributed by atoms with van der Waals surface area (Å²) in [5.41, 5.74) is 0.750. The van der Waals surface area contributed by atoms with Crippen LogP contribution in [0.5, 0.6) is 5.75 Å². The Morgan fingerprint density at radius 3 is 2.78 bits per heavy atom. The summed E-state index contributed by atoms with van der Waals surface area (Å²) in [6.07, 6.45) is 4.22. The molecule has 0 radical (unpaired) electrons. The van der Waals surface area contributed by atoms with Gasteiger partial charge in [-0.2, -0.15) is 0 Å². The second kappa shape index (κ2) is 5.85. The van der Waals surface area contributed by atoms with E-state index >= 15 is 0 Å². The lowest BCUT2D eigenvalue weighted by atomic mass is 10.1. The number of nitrogens with one attached hydrogen (secondary N) is 1. The Labute approximate surface area is 106 Å². The topological polar surface area (TPSA) is 38.3 Å². The summed E-state index contributed by atoms with van der Waals surface area (Å²) in [6, 6.07) is 4.73. The molecule has 0 aliphatic heterocycles. The van der Waals surface area contributed by atoms with E-state index in [-0.39, 0.29) is 17.6 Å². The molecule has 1 aromatic rings. The Hall–Kier alpha value is -1.58. The summed E-state index contributed by atoms with van der Waals surface area (Å²) < 4.78 is 18.3. The third-order valence-electron chi connectivity index (χ3n) is 3.41. The van der Waals surface area contributed by atoms with Crippen molar-refractivity contribution < 1.29 is 13.9 Å². The molecule has 0 bridgehead atoms. The van der Waals surface area contributed by atoms with Gasteiger partial charge >= 0.3 is 0 Å². The monoisotopic (exact) mass is 251 g/mol. The number of methoxy groups -OCH3 is 1. The van der Waals surface area contributed by atoms with Crippen molar-refractivity contribution in [3.05, 3.63) is 29.6 Å². The van der Waals surface area contributed by atoms with Crippen LogP contribution in [0, 0.1) is 11.7 Å².